The first kappa shape index (κ1) is 22.4. The average Bonchev–Trinajstić information content (AvgIpc) is 3.35. The Bertz CT molecular complexity index is 1690. The third kappa shape index (κ3) is 4.12. The van der Waals surface area contributed by atoms with E-state index in [1.807, 2.05) is 53.3 Å². The van der Waals surface area contributed by atoms with E-state index in [0.29, 0.717) is 6.04 Å². The van der Waals surface area contributed by atoms with Gasteiger partial charge in [-0.25, -0.2) is 9.50 Å². The maximum atomic E-state index is 5.32. The van der Waals surface area contributed by atoms with Crippen LogP contribution >= 0.6 is 0 Å². The van der Waals surface area contributed by atoms with E-state index in [1.165, 1.54) is 19.3 Å². The molecule has 0 amide bonds. The lowest BCUT2D eigenvalue weighted by Crippen LogP contribution is -2.26. The van der Waals surface area contributed by atoms with Crippen molar-refractivity contribution in [1.29, 1.82) is 0 Å². The molecule has 3 aromatic carbocycles. The molecule has 0 atom stereocenters. The monoisotopic (exact) mass is 493 g/mol. The molecule has 0 saturated heterocycles. The molecule has 1 saturated carbocycles. The second kappa shape index (κ2) is 9.60. The minimum atomic E-state index is 0.598. The van der Waals surface area contributed by atoms with Crippen molar-refractivity contribution < 1.29 is 0 Å². The fraction of sp³-hybridized carbons (Fsp3) is 0.121. The number of hydrogen-bond donors (Lipinski definition) is 1. The van der Waals surface area contributed by atoms with E-state index in [2.05, 4.69) is 77.2 Å². The van der Waals surface area contributed by atoms with Gasteiger partial charge in [-0.05, 0) is 54.7 Å². The summed E-state index contributed by atoms with van der Waals surface area (Å²) in [5.41, 5.74) is 10.1. The van der Waals surface area contributed by atoms with Gasteiger partial charge in [-0.3, -0.25) is 4.98 Å². The highest BCUT2D eigenvalue weighted by atomic mass is 15.3. The largest absolute Gasteiger partial charge is 0.382 e. The molecular weight excluding hydrogens is 466 g/mol. The van der Waals surface area contributed by atoms with Gasteiger partial charge in [-0.2, -0.15) is 5.10 Å². The van der Waals surface area contributed by atoms with Crippen molar-refractivity contribution in [2.24, 2.45) is 0 Å². The Labute approximate surface area is 221 Å². The molecule has 1 fully saturated rings. The van der Waals surface area contributed by atoms with E-state index in [9.17, 15) is 0 Å². The number of pyridine rings is 1. The van der Waals surface area contributed by atoms with Crippen molar-refractivity contribution >= 4 is 11.3 Å². The lowest BCUT2D eigenvalue weighted by molar-refractivity contribution is 0.445. The third-order valence-corrected chi connectivity index (χ3v) is 7.34. The summed E-state index contributed by atoms with van der Waals surface area (Å²) in [4.78, 5) is 9.56. The number of benzene rings is 3. The van der Waals surface area contributed by atoms with Crippen LogP contribution in [0, 0.1) is 0 Å². The molecule has 6 aromatic rings. The Morgan fingerprint density at radius 3 is 1.97 bits per heavy atom. The summed E-state index contributed by atoms with van der Waals surface area (Å²) >= 11 is 0. The van der Waals surface area contributed by atoms with E-state index in [0.717, 1.165) is 56.1 Å². The second-order valence-electron chi connectivity index (χ2n) is 9.81. The van der Waals surface area contributed by atoms with Gasteiger partial charge in [0.15, 0.2) is 5.65 Å². The molecule has 0 radical (unpaired) electrons. The van der Waals surface area contributed by atoms with Crippen LogP contribution in [0.4, 0.5) is 5.69 Å². The molecule has 184 valence electrons. The quantitative estimate of drug-likeness (QED) is 0.258. The molecule has 38 heavy (non-hydrogen) atoms. The van der Waals surface area contributed by atoms with Gasteiger partial charge >= 0.3 is 0 Å². The van der Waals surface area contributed by atoms with Crippen LogP contribution < -0.4 is 5.32 Å². The molecule has 3 aromatic heterocycles. The summed E-state index contributed by atoms with van der Waals surface area (Å²) in [6.07, 6.45) is 9.57. The van der Waals surface area contributed by atoms with Crippen molar-refractivity contribution in [3.05, 3.63) is 116 Å². The summed E-state index contributed by atoms with van der Waals surface area (Å²) in [5.74, 6) is 0. The topological polar surface area (TPSA) is 55.1 Å². The lowest BCUT2D eigenvalue weighted by atomic mass is 9.93. The molecule has 0 spiro atoms. The SMILES string of the molecule is c1ccc(-c2cn3nc(-c4ccccc4)c(-c4ccncc4)c3nc2-c2ccc(NC3CCC3)cc2)cc1. The fourth-order valence-corrected chi connectivity index (χ4v) is 5.12. The second-order valence-corrected chi connectivity index (χ2v) is 9.81. The predicted molar refractivity (Wildman–Crippen MR) is 154 cm³/mol. The highest BCUT2D eigenvalue weighted by Crippen LogP contribution is 2.38. The number of fused-ring (bicyclic) bond motifs is 1. The molecule has 1 N–H and O–H groups in total. The molecule has 5 heteroatoms. The van der Waals surface area contributed by atoms with E-state index in [4.69, 9.17) is 10.1 Å². The number of nitrogens with one attached hydrogen (secondary N) is 1. The van der Waals surface area contributed by atoms with E-state index >= 15 is 0 Å². The zero-order chi connectivity index (χ0) is 25.3. The maximum absolute atomic E-state index is 5.32. The van der Waals surface area contributed by atoms with Crippen LogP contribution in [0.2, 0.25) is 0 Å². The number of hydrogen-bond acceptors (Lipinski definition) is 4. The van der Waals surface area contributed by atoms with E-state index in [-0.39, 0.29) is 0 Å². The highest BCUT2D eigenvalue weighted by Gasteiger charge is 2.21. The smallest absolute Gasteiger partial charge is 0.164 e. The van der Waals surface area contributed by atoms with Gasteiger partial charge in [0, 0.05) is 47.0 Å². The van der Waals surface area contributed by atoms with Crippen LogP contribution in [0.5, 0.6) is 0 Å². The van der Waals surface area contributed by atoms with E-state index in [1.54, 1.807) is 0 Å². The number of aromatic nitrogens is 4. The minimum absolute atomic E-state index is 0.598. The van der Waals surface area contributed by atoms with Crippen molar-refractivity contribution in [1.82, 2.24) is 19.6 Å². The Morgan fingerprint density at radius 2 is 1.32 bits per heavy atom. The summed E-state index contributed by atoms with van der Waals surface area (Å²) in [5, 5.41) is 8.71. The Morgan fingerprint density at radius 1 is 0.658 bits per heavy atom. The summed E-state index contributed by atoms with van der Waals surface area (Å²) in [6.45, 7) is 0. The van der Waals surface area contributed by atoms with Gasteiger partial charge in [0.25, 0.3) is 0 Å². The molecule has 0 unspecified atom stereocenters. The summed E-state index contributed by atoms with van der Waals surface area (Å²) in [7, 11) is 0. The molecule has 0 bridgehead atoms. The molecule has 7 rings (SSSR count). The zero-order valence-electron chi connectivity index (χ0n) is 21.0. The summed E-state index contributed by atoms with van der Waals surface area (Å²) in [6, 6.07) is 34.1. The van der Waals surface area contributed by atoms with Crippen molar-refractivity contribution in [3.8, 4) is 44.8 Å². The Hall–Kier alpha value is -4.77. The van der Waals surface area contributed by atoms with Crippen molar-refractivity contribution in [2.45, 2.75) is 25.3 Å². The van der Waals surface area contributed by atoms with Gasteiger partial charge in [0.1, 0.15) is 5.69 Å². The van der Waals surface area contributed by atoms with Crippen LogP contribution in [0.1, 0.15) is 19.3 Å². The van der Waals surface area contributed by atoms with Crippen LogP contribution in [0.15, 0.2) is 116 Å². The van der Waals surface area contributed by atoms with Crippen LogP contribution in [0.3, 0.4) is 0 Å². The van der Waals surface area contributed by atoms with Gasteiger partial charge in [-0.1, -0.05) is 72.8 Å². The number of rotatable bonds is 6. The zero-order valence-corrected chi connectivity index (χ0v) is 21.0. The highest BCUT2D eigenvalue weighted by molar-refractivity contribution is 5.92. The van der Waals surface area contributed by atoms with Crippen LogP contribution in [-0.4, -0.2) is 25.6 Å². The van der Waals surface area contributed by atoms with Gasteiger partial charge in [-0.15, -0.1) is 0 Å². The van der Waals surface area contributed by atoms with Crippen molar-refractivity contribution in [2.75, 3.05) is 5.32 Å². The Balaban J connectivity index is 1.45. The molecule has 1 aliphatic carbocycles. The van der Waals surface area contributed by atoms with E-state index < -0.39 is 0 Å². The number of anilines is 1. The predicted octanol–water partition coefficient (Wildman–Crippen LogP) is 7.76. The van der Waals surface area contributed by atoms with Crippen molar-refractivity contribution in [3.63, 3.8) is 0 Å². The van der Waals surface area contributed by atoms with Crippen LogP contribution in [-0.2, 0) is 0 Å². The van der Waals surface area contributed by atoms with Gasteiger partial charge in [0.2, 0.25) is 0 Å². The van der Waals surface area contributed by atoms with Gasteiger partial charge < -0.3 is 5.32 Å². The normalized spacial score (nSPS) is 13.4. The summed E-state index contributed by atoms with van der Waals surface area (Å²) < 4.78 is 1.93. The Kier molecular flexibility index (Phi) is 5.66. The first-order valence-corrected chi connectivity index (χ1v) is 13.1. The standard InChI is InChI=1S/C33H27N5/c1-3-8-23(9-4-1)29-22-38-33(36-31(29)26-14-16-28(17-15-26)35-27-12-7-13-27)30(24-18-20-34-21-19-24)32(37-38)25-10-5-2-6-11-25/h1-6,8-11,14-22,27,35H,7,12-13H2. The van der Waals surface area contributed by atoms with Gasteiger partial charge in [0.05, 0.1) is 11.3 Å². The average molecular weight is 494 g/mol. The lowest BCUT2D eigenvalue weighted by Gasteiger charge is -2.27. The molecule has 3 heterocycles. The molecule has 5 nitrogen and oxygen atoms in total. The maximum Gasteiger partial charge on any atom is 0.164 e. The van der Waals surface area contributed by atoms with Crippen LogP contribution in [0.25, 0.3) is 50.4 Å². The fourth-order valence-electron chi connectivity index (χ4n) is 5.12. The molecule has 1 aliphatic rings. The minimum Gasteiger partial charge on any atom is -0.382 e. The first-order chi connectivity index (χ1) is 18.8. The third-order valence-electron chi connectivity index (χ3n) is 7.34. The molecular formula is C33H27N5. The number of nitrogens with zero attached hydrogens (tertiary/aromatic N) is 4. The first-order valence-electron chi connectivity index (χ1n) is 13.1. The molecule has 0 aliphatic heterocycles.